The Hall–Kier alpha value is -1.51. The van der Waals surface area contributed by atoms with Gasteiger partial charge in [-0.05, 0) is 42.8 Å². The summed E-state index contributed by atoms with van der Waals surface area (Å²) in [7, 11) is -3.77. The van der Waals surface area contributed by atoms with Crippen LogP contribution in [0.4, 0.5) is 8.78 Å². The molecular formula is C17H15BrF2O4S. The summed E-state index contributed by atoms with van der Waals surface area (Å²) in [5.41, 5.74) is 0.633. The number of hydrogen-bond donors (Lipinski definition) is 1. The number of sulfone groups is 1. The van der Waals surface area contributed by atoms with Crippen molar-refractivity contribution in [2.75, 3.05) is 6.26 Å². The average Bonchev–Trinajstić information content (AvgIpc) is 2.68. The molecule has 1 aliphatic rings. The van der Waals surface area contributed by atoms with E-state index >= 15 is 0 Å². The standard InChI is InChI=1S/C17H15BrF2O4S/c1-9-5-10(18)7-11(6-9)24-13-3-4-14(25(2,22)23)15-12(13)8-17(19,20)16(15)21/h3-7,16,21H,8H2,1-2H3/t16-/m0/s1. The van der Waals surface area contributed by atoms with Crippen molar-refractivity contribution in [2.24, 2.45) is 0 Å². The first-order valence-corrected chi connectivity index (χ1v) is 10.0. The molecule has 0 saturated carbocycles. The van der Waals surface area contributed by atoms with Crippen molar-refractivity contribution in [1.82, 2.24) is 0 Å². The summed E-state index contributed by atoms with van der Waals surface area (Å²) < 4.78 is 58.4. The monoisotopic (exact) mass is 432 g/mol. The minimum Gasteiger partial charge on any atom is -0.457 e. The largest absolute Gasteiger partial charge is 0.457 e. The number of aliphatic hydroxyl groups excluding tert-OH is 1. The number of aliphatic hydroxyl groups is 1. The van der Waals surface area contributed by atoms with Gasteiger partial charge in [-0.3, -0.25) is 0 Å². The highest BCUT2D eigenvalue weighted by Gasteiger charge is 2.50. The molecule has 25 heavy (non-hydrogen) atoms. The molecule has 0 unspecified atom stereocenters. The Balaban J connectivity index is 2.15. The Morgan fingerprint density at radius 2 is 1.96 bits per heavy atom. The number of ether oxygens (including phenoxy) is 1. The lowest BCUT2D eigenvalue weighted by molar-refractivity contribution is -0.0976. The summed E-state index contributed by atoms with van der Waals surface area (Å²) in [6.45, 7) is 1.85. The van der Waals surface area contributed by atoms with Crippen LogP contribution in [0.5, 0.6) is 11.5 Å². The molecule has 0 saturated heterocycles. The van der Waals surface area contributed by atoms with Crippen molar-refractivity contribution in [3.63, 3.8) is 0 Å². The van der Waals surface area contributed by atoms with Crippen molar-refractivity contribution in [1.29, 1.82) is 0 Å². The van der Waals surface area contributed by atoms with E-state index in [4.69, 9.17) is 4.74 Å². The van der Waals surface area contributed by atoms with Gasteiger partial charge in [-0.25, -0.2) is 17.2 Å². The Kier molecular flexibility index (Phi) is 4.41. The highest BCUT2D eigenvalue weighted by Crippen LogP contribution is 2.49. The van der Waals surface area contributed by atoms with Gasteiger partial charge in [0.15, 0.2) is 9.84 Å². The quantitative estimate of drug-likeness (QED) is 0.789. The summed E-state index contributed by atoms with van der Waals surface area (Å²) >= 11 is 3.33. The maximum absolute atomic E-state index is 14.0. The Morgan fingerprint density at radius 3 is 2.56 bits per heavy atom. The van der Waals surface area contributed by atoms with Gasteiger partial charge in [0.25, 0.3) is 5.92 Å². The van der Waals surface area contributed by atoms with Gasteiger partial charge in [-0.2, -0.15) is 0 Å². The van der Waals surface area contributed by atoms with Crippen molar-refractivity contribution in [3.05, 3.63) is 51.5 Å². The fourth-order valence-corrected chi connectivity index (χ4v) is 4.49. The van der Waals surface area contributed by atoms with E-state index in [9.17, 15) is 22.3 Å². The zero-order chi connectivity index (χ0) is 18.6. The molecule has 0 fully saturated rings. The Morgan fingerprint density at radius 1 is 1.28 bits per heavy atom. The summed E-state index contributed by atoms with van der Waals surface area (Å²) in [5, 5.41) is 9.95. The fraction of sp³-hybridized carbons (Fsp3) is 0.294. The van der Waals surface area contributed by atoms with Crippen molar-refractivity contribution in [2.45, 2.75) is 30.3 Å². The molecular weight excluding hydrogens is 418 g/mol. The lowest BCUT2D eigenvalue weighted by Crippen LogP contribution is -2.22. The van der Waals surface area contributed by atoms with Crippen LogP contribution in [0.15, 0.2) is 39.7 Å². The first-order valence-electron chi connectivity index (χ1n) is 7.36. The second kappa shape index (κ2) is 6.03. The van der Waals surface area contributed by atoms with Gasteiger partial charge < -0.3 is 9.84 Å². The molecule has 8 heteroatoms. The van der Waals surface area contributed by atoms with Crippen LogP contribution in [0.2, 0.25) is 0 Å². The summed E-state index contributed by atoms with van der Waals surface area (Å²) in [6, 6.07) is 7.80. The third kappa shape index (κ3) is 3.43. The second-order valence-corrected chi connectivity index (χ2v) is 9.03. The van der Waals surface area contributed by atoms with E-state index in [1.54, 1.807) is 12.1 Å². The lowest BCUT2D eigenvalue weighted by Gasteiger charge is -2.15. The van der Waals surface area contributed by atoms with E-state index in [1.165, 1.54) is 12.1 Å². The SMILES string of the molecule is Cc1cc(Br)cc(Oc2ccc(S(C)(=O)=O)c3c2CC(F)(F)[C@H]3O)c1. The number of benzene rings is 2. The zero-order valence-electron chi connectivity index (χ0n) is 13.4. The first-order chi connectivity index (χ1) is 11.5. The summed E-state index contributed by atoms with van der Waals surface area (Å²) in [6.07, 6.45) is -2.04. The molecule has 3 rings (SSSR count). The zero-order valence-corrected chi connectivity index (χ0v) is 15.8. The van der Waals surface area contributed by atoms with Crippen LogP contribution >= 0.6 is 15.9 Å². The van der Waals surface area contributed by atoms with E-state index in [-0.39, 0.29) is 21.8 Å². The van der Waals surface area contributed by atoms with Crippen LogP contribution in [0.1, 0.15) is 22.8 Å². The molecule has 1 N–H and O–H groups in total. The molecule has 4 nitrogen and oxygen atoms in total. The van der Waals surface area contributed by atoms with Crippen LogP contribution < -0.4 is 4.74 Å². The number of halogens is 3. The van der Waals surface area contributed by atoms with Gasteiger partial charge in [0.05, 0.1) is 4.90 Å². The van der Waals surface area contributed by atoms with Gasteiger partial charge in [-0.15, -0.1) is 0 Å². The fourth-order valence-electron chi connectivity index (χ4n) is 2.96. The molecule has 0 bridgehead atoms. The molecule has 0 aliphatic heterocycles. The summed E-state index contributed by atoms with van der Waals surface area (Å²) in [4.78, 5) is -0.301. The van der Waals surface area contributed by atoms with E-state index in [2.05, 4.69) is 15.9 Å². The number of rotatable bonds is 3. The first kappa shape index (κ1) is 18.3. The van der Waals surface area contributed by atoms with Gasteiger partial charge in [0, 0.05) is 28.3 Å². The predicted octanol–water partition coefficient (Wildman–Crippen LogP) is 4.18. The second-order valence-electron chi connectivity index (χ2n) is 6.13. The molecule has 2 aromatic rings. The topological polar surface area (TPSA) is 63.6 Å². The third-order valence-electron chi connectivity index (χ3n) is 4.00. The van der Waals surface area contributed by atoms with Crippen LogP contribution in [0.3, 0.4) is 0 Å². The van der Waals surface area contributed by atoms with E-state index in [0.717, 1.165) is 16.3 Å². The van der Waals surface area contributed by atoms with Gasteiger partial charge in [-0.1, -0.05) is 15.9 Å². The predicted molar refractivity (Wildman–Crippen MR) is 92.1 cm³/mol. The molecule has 0 aromatic heterocycles. The van der Waals surface area contributed by atoms with E-state index in [0.29, 0.717) is 5.75 Å². The third-order valence-corrected chi connectivity index (χ3v) is 5.62. The minimum absolute atomic E-state index is 0.0121. The molecule has 0 heterocycles. The maximum atomic E-state index is 14.0. The Bertz CT molecular complexity index is 937. The molecule has 134 valence electrons. The number of hydrogen-bond acceptors (Lipinski definition) is 4. The highest BCUT2D eigenvalue weighted by molar-refractivity contribution is 9.10. The van der Waals surface area contributed by atoms with Crippen molar-refractivity contribution in [3.8, 4) is 11.5 Å². The van der Waals surface area contributed by atoms with Gasteiger partial charge in [0.1, 0.15) is 17.6 Å². The number of alkyl halides is 2. The lowest BCUT2D eigenvalue weighted by atomic mass is 10.1. The van der Waals surface area contributed by atoms with Crippen LogP contribution in [0, 0.1) is 6.92 Å². The van der Waals surface area contributed by atoms with Crippen LogP contribution in [0.25, 0.3) is 0 Å². The molecule has 0 amide bonds. The van der Waals surface area contributed by atoms with Gasteiger partial charge in [0.2, 0.25) is 0 Å². The smallest absolute Gasteiger partial charge is 0.281 e. The minimum atomic E-state index is -3.77. The van der Waals surface area contributed by atoms with Crippen molar-refractivity contribution < 1.29 is 27.0 Å². The van der Waals surface area contributed by atoms with Gasteiger partial charge >= 0.3 is 0 Å². The van der Waals surface area contributed by atoms with E-state index in [1.807, 2.05) is 13.0 Å². The van der Waals surface area contributed by atoms with E-state index < -0.39 is 28.3 Å². The van der Waals surface area contributed by atoms with Crippen LogP contribution in [-0.2, 0) is 16.3 Å². The molecule has 0 radical (unpaired) electrons. The average molecular weight is 433 g/mol. The van der Waals surface area contributed by atoms with Crippen molar-refractivity contribution >= 4 is 25.8 Å². The molecule has 1 atom stereocenters. The number of aryl methyl sites for hydroxylation is 1. The summed E-state index contributed by atoms with van der Waals surface area (Å²) in [5.74, 6) is -2.92. The Labute approximate surface area is 152 Å². The number of fused-ring (bicyclic) bond motifs is 1. The van der Waals surface area contributed by atoms with Crippen LogP contribution in [-0.4, -0.2) is 25.7 Å². The molecule has 0 spiro atoms. The maximum Gasteiger partial charge on any atom is 0.281 e. The highest BCUT2D eigenvalue weighted by atomic mass is 79.9. The molecule has 1 aliphatic carbocycles. The normalized spacial score (nSPS) is 18.9. The molecule has 2 aromatic carbocycles.